The summed E-state index contributed by atoms with van der Waals surface area (Å²) < 4.78 is 1.84. The summed E-state index contributed by atoms with van der Waals surface area (Å²) >= 11 is 1.73. The van der Waals surface area contributed by atoms with Gasteiger partial charge in [-0.1, -0.05) is 24.3 Å². The Kier molecular flexibility index (Phi) is 6.35. The molecule has 0 unspecified atom stereocenters. The van der Waals surface area contributed by atoms with Crippen molar-refractivity contribution in [2.24, 2.45) is 0 Å². The molecule has 0 aliphatic rings. The normalized spacial score (nSPS) is 10.8. The summed E-state index contributed by atoms with van der Waals surface area (Å²) in [4.78, 5) is 15.4. The smallest absolute Gasteiger partial charge is 0.223 e. The number of aryl methyl sites for hydroxylation is 2. The van der Waals surface area contributed by atoms with E-state index in [1.165, 1.54) is 16.0 Å². The molecule has 0 atom stereocenters. The molecular formula is C22H25N3OS. The molecule has 5 heteroatoms. The molecule has 0 spiro atoms. The van der Waals surface area contributed by atoms with Gasteiger partial charge in [-0.3, -0.25) is 4.79 Å². The summed E-state index contributed by atoms with van der Waals surface area (Å²) in [6.45, 7) is 4.80. The van der Waals surface area contributed by atoms with E-state index in [4.69, 9.17) is 0 Å². The van der Waals surface area contributed by atoms with Crippen molar-refractivity contribution in [3.05, 3.63) is 77.6 Å². The minimum Gasteiger partial charge on any atom is -0.341 e. The van der Waals surface area contributed by atoms with Crippen LogP contribution in [-0.2, 0) is 11.3 Å². The molecule has 0 aliphatic heterocycles. The van der Waals surface area contributed by atoms with E-state index in [9.17, 15) is 4.79 Å². The van der Waals surface area contributed by atoms with Crippen LogP contribution in [0.5, 0.6) is 0 Å². The highest BCUT2D eigenvalue weighted by Crippen LogP contribution is 2.22. The second-order valence-electron chi connectivity index (χ2n) is 6.72. The van der Waals surface area contributed by atoms with Gasteiger partial charge < -0.3 is 4.90 Å². The minimum absolute atomic E-state index is 0.152. The van der Waals surface area contributed by atoms with Gasteiger partial charge in [0, 0.05) is 42.4 Å². The summed E-state index contributed by atoms with van der Waals surface area (Å²) in [5.74, 6) is 0.938. The topological polar surface area (TPSA) is 38.1 Å². The number of carbonyl (C=O) groups is 1. The predicted octanol–water partition coefficient (Wildman–Crippen LogP) is 4.63. The molecule has 140 valence electrons. The highest BCUT2D eigenvalue weighted by Gasteiger charge is 2.11. The molecule has 0 fully saturated rings. The molecule has 27 heavy (non-hydrogen) atoms. The molecule has 3 aromatic rings. The van der Waals surface area contributed by atoms with Gasteiger partial charge in [-0.2, -0.15) is 5.10 Å². The van der Waals surface area contributed by atoms with Gasteiger partial charge in [0.1, 0.15) is 0 Å². The number of hydrogen-bond donors (Lipinski definition) is 0. The maximum atomic E-state index is 12.4. The molecule has 0 aliphatic carbocycles. The van der Waals surface area contributed by atoms with Gasteiger partial charge in [-0.15, -0.1) is 11.8 Å². The van der Waals surface area contributed by atoms with Crippen molar-refractivity contribution >= 4 is 17.7 Å². The van der Waals surface area contributed by atoms with Crippen LogP contribution in [0.15, 0.2) is 65.8 Å². The number of para-hydroxylation sites is 1. The van der Waals surface area contributed by atoms with E-state index in [-0.39, 0.29) is 5.91 Å². The van der Waals surface area contributed by atoms with Crippen molar-refractivity contribution in [2.45, 2.75) is 31.7 Å². The zero-order valence-corrected chi connectivity index (χ0v) is 16.9. The molecule has 2 aromatic carbocycles. The zero-order chi connectivity index (χ0) is 19.2. The lowest BCUT2D eigenvalue weighted by Crippen LogP contribution is -2.26. The molecule has 0 saturated carbocycles. The number of hydrogen-bond acceptors (Lipinski definition) is 3. The number of rotatable bonds is 7. The second kappa shape index (κ2) is 8.91. The molecule has 1 aromatic heterocycles. The Labute approximate surface area is 165 Å². The fourth-order valence-corrected chi connectivity index (χ4v) is 3.71. The number of benzene rings is 2. The monoisotopic (exact) mass is 379 g/mol. The van der Waals surface area contributed by atoms with Gasteiger partial charge in [0.25, 0.3) is 0 Å². The number of carbonyl (C=O) groups excluding carboxylic acids is 1. The van der Waals surface area contributed by atoms with Crippen LogP contribution < -0.4 is 0 Å². The Morgan fingerprint density at radius 3 is 2.63 bits per heavy atom. The zero-order valence-electron chi connectivity index (χ0n) is 16.1. The first-order valence-electron chi connectivity index (χ1n) is 9.06. The Hall–Kier alpha value is -2.53. The quantitative estimate of drug-likeness (QED) is 0.562. The predicted molar refractivity (Wildman–Crippen MR) is 111 cm³/mol. The van der Waals surface area contributed by atoms with Crippen molar-refractivity contribution in [3.8, 4) is 5.69 Å². The molecule has 0 saturated heterocycles. The van der Waals surface area contributed by atoms with E-state index >= 15 is 0 Å². The first-order valence-corrected chi connectivity index (χ1v) is 10.0. The van der Waals surface area contributed by atoms with E-state index in [1.807, 2.05) is 54.5 Å². The van der Waals surface area contributed by atoms with E-state index < -0.39 is 0 Å². The third-order valence-electron chi connectivity index (χ3n) is 4.57. The van der Waals surface area contributed by atoms with Gasteiger partial charge in [0.2, 0.25) is 5.91 Å². The van der Waals surface area contributed by atoms with E-state index in [1.54, 1.807) is 16.7 Å². The Bertz CT molecular complexity index is 905. The molecule has 1 heterocycles. The fourth-order valence-electron chi connectivity index (χ4n) is 2.78. The van der Waals surface area contributed by atoms with Crippen molar-refractivity contribution in [2.75, 3.05) is 12.8 Å². The minimum atomic E-state index is 0.152. The number of amides is 1. The Balaban J connectivity index is 1.49. The fraction of sp³-hybridized carbons (Fsp3) is 0.273. The molecule has 4 nitrogen and oxygen atoms in total. The van der Waals surface area contributed by atoms with E-state index in [0.29, 0.717) is 13.0 Å². The molecule has 3 rings (SSSR count). The molecule has 0 N–H and O–H groups in total. The van der Waals surface area contributed by atoms with Crippen LogP contribution in [0.3, 0.4) is 0 Å². The summed E-state index contributed by atoms with van der Waals surface area (Å²) in [6, 6.07) is 16.4. The summed E-state index contributed by atoms with van der Waals surface area (Å²) in [7, 11) is 1.85. The molecule has 1 amide bonds. The van der Waals surface area contributed by atoms with Crippen molar-refractivity contribution in [1.82, 2.24) is 14.7 Å². The van der Waals surface area contributed by atoms with Crippen molar-refractivity contribution in [1.29, 1.82) is 0 Å². The third-order valence-corrected chi connectivity index (χ3v) is 5.56. The number of nitrogens with zero attached hydrogens (tertiary/aromatic N) is 3. The van der Waals surface area contributed by atoms with Gasteiger partial charge in [0.05, 0.1) is 11.9 Å². The van der Waals surface area contributed by atoms with Crippen LogP contribution in [0.4, 0.5) is 0 Å². The summed E-state index contributed by atoms with van der Waals surface area (Å²) in [5.41, 5.74) is 4.63. The largest absolute Gasteiger partial charge is 0.341 e. The van der Waals surface area contributed by atoms with Crippen LogP contribution in [0.2, 0.25) is 0 Å². The Morgan fingerprint density at radius 2 is 1.89 bits per heavy atom. The number of thioether (sulfide) groups is 1. The molecule has 0 radical (unpaired) electrons. The average molecular weight is 380 g/mol. The Morgan fingerprint density at radius 1 is 1.11 bits per heavy atom. The third kappa shape index (κ3) is 5.23. The maximum absolute atomic E-state index is 12.4. The highest BCUT2D eigenvalue weighted by atomic mass is 32.2. The lowest BCUT2D eigenvalue weighted by Gasteiger charge is -2.16. The number of aromatic nitrogens is 2. The average Bonchev–Trinajstić information content (AvgIpc) is 3.13. The highest BCUT2D eigenvalue weighted by molar-refractivity contribution is 7.99. The maximum Gasteiger partial charge on any atom is 0.223 e. The lowest BCUT2D eigenvalue weighted by molar-refractivity contribution is -0.129. The molecule has 0 bridgehead atoms. The van der Waals surface area contributed by atoms with Gasteiger partial charge in [0.15, 0.2) is 0 Å². The van der Waals surface area contributed by atoms with Crippen LogP contribution in [0.25, 0.3) is 5.69 Å². The van der Waals surface area contributed by atoms with E-state index in [2.05, 4.69) is 37.1 Å². The van der Waals surface area contributed by atoms with Crippen molar-refractivity contribution in [3.63, 3.8) is 0 Å². The first kappa shape index (κ1) is 19.2. The lowest BCUT2D eigenvalue weighted by atomic mass is 10.1. The van der Waals surface area contributed by atoms with Gasteiger partial charge >= 0.3 is 0 Å². The molecular weight excluding hydrogens is 354 g/mol. The summed E-state index contributed by atoms with van der Waals surface area (Å²) in [5, 5.41) is 4.39. The van der Waals surface area contributed by atoms with Crippen LogP contribution >= 0.6 is 11.8 Å². The van der Waals surface area contributed by atoms with E-state index in [0.717, 1.165) is 17.0 Å². The SMILES string of the molecule is Cc1ccc(SCCC(=O)N(C)Cc2cnn(-c3ccccc3)c2)cc1C. The van der Waals surface area contributed by atoms with Gasteiger partial charge in [-0.25, -0.2) is 4.68 Å². The second-order valence-corrected chi connectivity index (χ2v) is 7.89. The van der Waals surface area contributed by atoms with Crippen LogP contribution in [-0.4, -0.2) is 33.4 Å². The standard InChI is InChI=1S/C22H25N3OS/c1-17-9-10-21(13-18(17)2)27-12-11-22(26)24(3)15-19-14-23-25(16-19)20-7-5-4-6-8-20/h4-10,13-14,16H,11-12,15H2,1-3H3. The van der Waals surface area contributed by atoms with Crippen LogP contribution in [0.1, 0.15) is 23.1 Å². The van der Waals surface area contributed by atoms with Crippen LogP contribution in [0, 0.1) is 13.8 Å². The first-order chi connectivity index (χ1) is 13.0. The van der Waals surface area contributed by atoms with Gasteiger partial charge in [-0.05, 0) is 49.2 Å². The summed E-state index contributed by atoms with van der Waals surface area (Å²) in [6.07, 6.45) is 4.32. The van der Waals surface area contributed by atoms with Crippen molar-refractivity contribution < 1.29 is 4.79 Å².